The van der Waals surface area contributed by atoms with Crippen molar-refractivity contribution in [3.8, 4) is 0 Å². The third kappa shape index (κ3) is 7.14. The monoisotopic (exact) mass is 197 g/mol. The molecule has 0 radical (unpaired) electrons. The van der Waals surface area contributed by atoms with Crippen LogP contribution in [0.4, 0.5) is 0 Å². The Morgan fingerprint density at radius 2 is 2.07 bits per heavy atom. The van der Waals surface area contributed by atoms with E-state index in [-0.39, 0.29) is 0 Å². The molecule has 0 rings (SSSR count). The largest absolute Gasteiger partial charge is 0.314 e. The van der Waals surface area contributed by atoms with Gasteiger partial charge in [-0.15, -0.1) is 6.58 Å². The zero-order valence-electron chi connectivity index (χ0n) is 10.2. The average Bonchev–Trinajstić information content (AvgIpc) is 2.18. The Kier molecular flexibility index (Phi) is 9.06. The SMILES string of the molecule is C=CCCCC(CC(C)CC)NCC. The molecule has 0 aromatic rings. The fourth-order valence-corrected chi connectivity index (χ4v) is 1.75. The second-order valence-electron chi connectivity index (χ2n) is 4.22. The molecule has 0 bridgehead atoms. The molecule has 0 saturated heterocycles. The normalized spacial score (nSPS) is 15.1. The zero-order valence-corrected chi connectivity index (χ0v) is 10.2. The first kappa shape index (κ1) is 13.7. The molecule has 1 nitrogen and oxygen atoms in total. The maximum atomic E-state index is 3.76. The summed E-state index contributed by atoms with van der Waals surface area (Å²) in [5.41, 5.74) is 0. The van der Waals surface area contributed by atoms with Crippen LogP contribution in [0.25, 0.3) is 0 Å². The van der Waals surface area contributed by atoms with E-state index in [1.165, 1.54) is 25.7 Å². The Bertz CT molecular complexity index is 131. The van der Waals surface area contributed by atoms with Crippen LogP contribution >= 0.6 is 0 Å². The van der Waals surface area contributed by atoms with Crippen molar-refractivity contribution in [3.63, 3.8) is 0 Å². The van der Waals surface area contributed by atoms with Gasteiger partial charge in [0, 0.05) is 6.04 Å². The lowest BCUT2D eigenvalue weighted by Crippen LogP contribution is -2.30. The lowest BCUT2D eigenvalue weighted by Gasteiger charge is -2.20. The standard InChI is InChI=1S/C13H27N/c1-5-8-9-10-13(14-7-3)11-12(4)6-2/h5,12-14H,1,6-11H2,2-4H3. The summed E-state index contributed by atoms with van der Waals surface area (Å²) in [7, 11) is 0. The Labute approximate surface area is 90.0 Å². The summed E-state index contributed by atoms with van der Waals surface area (Å²) in [6, 6.07) is 0.717. The Morgan fingerprint density at radius 1 is 1.36 bits per heavy atom. The third-order valence-corrected chi connectivity index (χ3v) is 2.84. The molecule has 0 heterocycles. The molecule has 0 saturated carbocycles. The van der Waals surface area contributed by atoms with Gasteiger partial charge in [-0.1, -0.05) is 33.3 Å². The van der Waals surface area contributed by atoms with E-state index >= 15 is 0 Å². The van der Waals surface area contributed by atoms with Gasteiger partial charge in [0.2, 0.25) is 0 Å². The van der Waals surface area contributed by atoms with E-state index in [0.29, 0.717) is 0 Å². The topological polar surface area (TPSA) is 12.0 Å². The summed E-state index contributed by atoms with van der Waals surface area (Å²) < 4.78 is 0. The van der Waals surface area contributed by atoms with E-state index in [0.717, 1.165) is 24.9 Å². The molecule has 0 aromatic carbocycles. The van der Waals surface area contributed by atoms with Gasteiger partial charge in [-0.25, -0.2) is 0 Å². The Morgan fingerprint density at radius 3 is 2.57 bits per heavy atom. The van der Waals surface area contributed by atoms with Crippen LogP contribution in [-0.2, 0) is 0 Å². The molecule has 14 heavy (non-hydrogen) atoms. The predicted octanol–water partition coefficient (Wildman–Crippen LogP) is 3.76. The summed E-state index contributed by atoms with van der Waals surface area (Å²) in [5, 5.41) is 3.57. The van der Waals surface area contributed by atoms with Crippen LogP contribution < -0.4 is 5.32 Å². The van der Waals surface area contributed by atoms with Crippen molar-refractivity contribution in [1.29, 1.82) is 0 Å². The van der Waals surface area contributed by atoms with E-state index in [4.69, 9.17) is 0 Å². The molecule has 0 spiro atoms. The maximum absolute atomic E-state index is 3.76. The molecular formula is C13H27N. The highest BCUT2D eigenvalue weighted by Gasteiger charge is 2.10. The number of nitrogens with one attached hydrogen (secondary N) is 1. The first-order valence-electron chi connectivity index (χ1n) is 6.08. The van der Waals surface area contributed by atoms with Gasteiger partial charge in [-0.3, -0.25) is 0 Å². The Balaban J connectivity index is 3.70. The first-order chi connectivity index (χ1) is 6.74. The minimum absolute atomic E-state index is 0.717. The van der Waals surface area contributed by atoms with Gasteiger partial charge in [0.1, 0.15) is 0 Å². The summed E-state index contributed by atoms with van der Waals surface area (Å²) in [4.78, 5) is 0. The molecule has 0 fully saturated rings. The average molecular weight is 197 g/mol. The second-order valence-corrected chi connectivity index (χ2v) is 4.22. The lowest BCUT2D eigenvalue weighted by atomic mass is 9.96. The van der Waals surface area contributed by atoms with E-state index in [2.05, 4.69) is 32.7 Å². The van der Waals surface area contributed by atoms with Gasteiger partial charge in [0.05, 0.1) is 0 Å². The molecule has 2 atom stereocenters. The van der Waals surface area contributed by atoms with Crippen molar-refractivity contribution in [2.45, 2.75) is 58.9 Å². The maximum Gasteiger partial charge on any atom is 0.00695 e. The van der Waals surface area contributed by atoms with Crippen molar-refractivity contribution in [2.75, 3.05) is 6.54 Å². The molecule has 0 aliphatic rings. The summed E-state index contributed by atoms with van der Waals surface area (Å²) in [5.74, 6) is 0.850. The number of hydrogen-bond acceptors (Lipinski definition) is 1. The first-order valence-corrected chi connectivity index (χ1v) is 6.08. The highest BCUT2D eigenvalue weighted by molar-refractivity contribution is 4.72. The number of rotatable bonds is 9. The van der Waals surface area contributed by atoms with Crippen LogP contribution in [0.2, 0.25) is 0 Å². The van der Waals surface area contributed by atoms with Crippen LogP contribution in [0, 0.1) is 5.92 Å². The lowest BCUT2D eigenvalue weighted by molar-refractivity contribution is 0.377. The summed E-state index contributed by atoms with van der Waals surface area (Å²) in [6.07, 6.45) is 8.36. The molecule has 1 heteroatoms. The Hall–Kier alpha value is -0.300. The van der Waals surface area contributed by atoms with Gasteiger partial charge in [-0.05, 0) is 38.1 Å². The van der Waals surface area contributed by atoms with Gasteiger partial charge in [0.15, 0.2) is 0 Å². The number of hydrogen-bond donors (Lipinski definition) is 1. The van der Waals surface area contributed by atoms with E-state index in [1.54, 1.807) is 0 Å². The number of unbranched alkanes of at least 4 members (excludes halogenated alkanes) is 1. The van der Waals surface area contributed by atoms with Crippen LogP contribution in [0.15, 0.2) is 12.7 Å². The highest BCUT2D eigenvalue weighted by atomic mass is 14.9. The smallest absolute Gasteiger partial charge is 0.00695 e. The molecule has 0 amide bonds. The quantitative estimate of drug-likeness (QED) is 0.438. The van der Waals surface area contributed by atoms with Crippen LogP contribution in [-0.4, -0.2) is 12.6 Å². The summed E-state index contributed by atoms with van der Waals surface area (Å²) >= 11 is 0. The fraction of sp³-hybridized carbons (Fsp3) is 0.846. The van der Waals surface area contributed by atoms with Gasteiger partial charge in [0.25, 0.3) is 0 Å². The van der Waals surface area contributed by atoms with Gasteiger partial charge >= 0.3 is 0 Å². The van der Waals surface area contributed by atoms with E-state index in [1.807, 2.05) is 6.08 Å². The van der Waals surface area contributed by atoms with Crippen molar-refractivity contribution in [2.24, 2.45) is 5.92 Å². The van der Waals surface area contributed by atoms with Crippen molar-refractivity contribution >= 4 is 0 Å². The fourth-order valence-electron chi connectivity index (χ4n) is 1.75. The minimum atomic E-state index is 0.717. The van der Waals surface area contributed by atoms with Crippen LogP contribution in [0.3, 0.4) is 0 Å². The molecular weight excluding hydrogens is 170 g/mol. The van der Waals surface area contributed by atoms with E-state index in [9.17, 15) is 0 Å². The molecule has 2 unspecified atom stereocenters. The van der Waals surface area contributed by atoms with Crippen molar-refractivity contribution in [3.05, 3.63) is 12.7 Å². The highest BCUT2D eigenvalue weighted by Crippen LogP contribution is 2.14. The van der Waals surface area contributed by atoms with Crippen molar-refractivity contribution in [1.82, 2.24) is 5.32 Å². The predicted molar refractivity (Wildman–Crippen MR) is 65.6 cm³/mol. The minimum Gasteiger partial charge on any atom is -0.314 e. The zero-order chi connectivity index (χ0) is 10.8. The molecule has 1 N–H and O–H groups in total. The van der Waals surface area contributed by atoms with Crippen LogP contribution in [0.5, 0.6) is 0 Å². The number of allylic oxidation sites excluding steroid dienone is 1. The third-order valence-electron chi connectivity index (χ3n) is 2.84. The van der Waals surface area contributed by atoms with Crippen molar-refractivity contribution < 1.29 is 0 Å². The second kappa shape index (κ2) is 9.26. The molecule has 0 aromatic heterocycles. The van der Waals surface area contributed by atoms with Crippen LogP contribution in [0.1, 0.15) is 52.9 Å². The van der Waals surface area contributed by atoms with Gasteiger partial charge in [-0.2, -0.15) is 0 Å². The molecule has 84 valence electrons. The van der Waals surface area contributed by atoms with E-state index < -0.39 is 0 Å². The van der Waals surface area contributed by atoms with Gasteiger partial charge < -0.3 is 5.32 Å². The molecule has 0 aliphatic carbocycles. The molecule has 0 aliphatic heterocycles. The summed E-state index contributed by atoms with van der Waals surface area (Å²) in [6.45, 7) is 11.7.